The van der Waals surface area contributed by atoms with Gasteiger partial charge < -0.3 is 10.1 Å². The molecule has 1 aromatic carbocycles. The standard InChI is InChI=1S/C10H8F2N2O5/c1-19-9(15)4-13-10(16)5-2-7(12)8(14(17)18)3-6(5)11/h2-3H,4H2,1H3,(H,13,16). The summed E-state index contributed by atoms with van der Waals surface area (Å²) in [5.74, 6) is -4.49. The highest BCUT2D eigenvalue weighted by molar-refractivity contribution is 5.96. The molecule has 0 saturated heterocycles. The second kappa shape index (κ2) is 5.85. The number of esters is 1. The van der Waals surface area contributed by atoms with E-state index >= 15 is 0 Å². The molecule has 102 valence electrons. The molecule has 0 aliphatic heterocycles. The highest BCUT2D eigenvalue weighted by Gasteiger charge is 2.22. The third kappa shape index (κ3) is 3.44. The summed E-state index contributed by atoms with van der Waals surface area (Å²) < 4.78 is 30.9. The molecule has 0 radical (unpaired) electrons. The summed E-state index contributed by atoms with van der Waals surface area (Å²) in [6, 6.07) is 0.683. The van der Waals surface area contributed by atoms with E-state index in [1.807, 2.05) is 5.32 Å². The predicted octanol–water partition coefficient (Wildman–Crippen LogP) is 0.776. The SMILES string of the molecule is COC(=O)CNC(=O)c1cc(F)c([N+](=O)[O-])cc1F. The molecule has 0 saturated carbocycles. The van der Waals surface area contributed by atoms with Crippen LogP contribution < -0.4 is 5.32 Å². The van der Waals surface area contributed by atoms with Crippen LogP contribution in [0.1, 0.15) is 10.4 Å². The first kappa shape index (κ1) is 14.5. The van der Waals surface area contributed by atoms with Crippen LogP contribution in [0.4, 0.5) is 14.5 Å². The normalized spacial score (nSPS) is 9.84. The molecule has 7 nitrogen and oxygen atoms in total. The van der Waals surface area contributed by atoms with Crippen LogP contribution in [0.3, 0.4) is 0 Å². The molecule has 0 aliphatic carbocycles. The lowest BCUT2D eigenvalue weighted by molar-refractivity contribution is -0.387. The predicted molar refractivity (Wildman–Crippen MR) is 57.4 cm³/mol. The van der Waals surface area contributed by atoms with Gasteiger partial charge in [-0.25, -0.2) is 4.39 Å². The number of nitro groups is 1. The molecule has 1 N–H and O–H groups in total. The van der Waals surface area contributed by atoms with Gasteiger partial charge in [-0.05, 0) is 6.07 Å². The van der Waals surface area contributed by atoms with Gasteiger partial charge in [0.1, 0.15) is 12.4 Å². The molecule has 19 heavy (non-hydrogen) atoms. The van der Waals surface area contributed by atoms with Gasteiger partial charge in [-0.2, -0.15) is 4.39 Å². The zero-order valence-electron chi connectivity index (χ0n) is 9.61. The van der Waals surface area contributed by atoms with Crippen molar-refractivity contribution < 1.29 is 28.0 Å². The van der Waals surface area contributed by atoms with E-state index in [0.717, 1.165) is 7.11 Å². The first-order valence-electron chi connectivity index (χ1n) is 4.85. The molecule has 0 bridgehead atoms. The van der Waals surface area contributed by atoms with Crippen molar-refractivity contribution in [2.45, 2.75) is 0 Å². The topological polar surface area (TPSA) is 98.5 Å². The summed E-state index contributed by atoms with van der Waals surface area (Å²) in [4.78, 5) is 31.4. The van der Waals surface area contributed by atoms with Crippen LogP contribution in [-0.4, -0.2) is 30.5 Å². The van der Waals surface area contributed by atoms with Crippen molar-refractivity contribution in [3.63, 3.8) is 0 Å². The Kier molecular flexibility index (Phi) is 4.46. The Bertz CT molecular complexity index is 547. The van der Waals surface area contributed by atoms with E-state index in [1.54, 1.807) is 0 Å². The highest BCUT2D eigenvalue weighted by Crippen LogP contribution is 2.21. The maximum Gasteiger partial charge on any atom is 0.325 e. The number of halogens is 2. The van der Waals surface area contributed by atoms with Crippen LogP contribution in [-0.2, 0) is 9.53 Å². The molecule has 0 fully saturated rings. The summed E-state index contributed by atoms with van der Waals surface area (Å²) in [6.07, 6.45) is 0. The number of nitrogens with zero attached hydrogens (tertiary/aromatic N) is 1. The lowest BCUT2D eigenvalue weighted by Gasteiger charge is -2.05. The summed E-state index contributed by atoms with van der Waals surface area (Å²) in [7, 11) is 1.08. The van der Waals surface area contributed by atoms with Crippen molar-refractivity contribution in [2.24, 2.45) is 0 Å². The van der Waals surface area contributed by atoms with Gasteiger partial charge in [0.15, 0.2) is 0 Å². The Balaban J connectivity index is 2.95. The van der Waals surface area contributed by atoms with E-state index in [1.165, 1.54) is 0 Å². The Labute approximate surface area is 105 Å². The maximum absolute atomic E-state index is 13.4. The first-order chi connectivity index (χ1) is 8.86. The van der Waals surface area contributed by atoms with Crippen molar-refractivity contribution in [3.8, 4) is 0 Å². The van der Waals surface area contributed by atoms with Crippen molar-refractivity contribution in [1.29, 1.82) is 0 Å². The van der Waals surface area contributed by atoms with Crippen LogP contribution in [0.5, 0.6) is 0 Å². The van der Waals surface area contributed by atoms with Gasteiger partial charge in [0.25, 0.3) is 5.91 Å². The molecule has 0 aliphatic rings. The fraction of sp³-hybridized carbons (Fsp3) is 0.200. The smallest absolute Gasteiger partial charge is 0.325 e. The molecule has 1 aromatic rings. The highest BCUT2D eigenvalue weighted by atomic mass is 19.1. The van der Waals surface area contributed by atoms with Gasteiger partial charge in [0.05, 0.1) is 23.7 Å². The van der Waals surface area contributed by atoms with Gasteiger partial charge in [0, 0.05) is 0 Å². The molecule has 0 unspecified atom stereocenters. The lowest BCUT2D eigenvalue weighted by Crippen LogP contribution is -2.30. The van der Waals surface area contributed by atoms with E-state index < -0.39 is 46.2 Å². The minimum absolute atomic E-state index is 0.294. The number of hydrogen-bond donors (Lipinski definition) is 1. The van der Waals surface area contributed by atoms with Crippen LogP contribution in [0.2, 0.25) is 0 Å². The fourth-order valence-corrected chi connectivity index (χ4v) is 1.17. The summed E-state index contributed by atoms with van der Waals surface area (Å²) in [6.45, 7) is -0.534. The average molecular weight is 274 g/mol. The number of ether oxygens (including phenoxy) is 1. The number of rotatable bonds is 4. The molecule has 0 spiro atoms. The molecule has 0 atom stereocenters. The van der Waals surface area contributed by atoms with Crippen molar-refractivity contribution in [1.82, 2.24) is 5.32 Å². The zero-order chi connectivity index (χ0) is 14.6. The van der Waals surface area contributed by atoms with Crippen molar-refractivity contribution >= 4 is 17.6 Å². The molecule has 0 aromatic heterocycles. The maximum atomic E-state index is 13.4. The van der Waals surface area contributed by atoms with Crippen LogP contribution in [0, 0.1) is 21.7 Å². The number of benzene rings is 1. The summed E-state index contributed by atoms with van der Waals surface area (Å²) in [5, 5.41) is 12.3. The molecule has 9 heteroatoms. The number of amides is 1. The van der Waals surface area contributed by atoms with Gasteiger partial charge >= 0.3 is 11.7 Å². The number of nitro benzene ring substituents is 1. The molecule has 1 rings (SSSR count). The van der Waals surface area contributed by atoms with Crippen LogP contribution >= 0.6 is 0 Å². The number of carbonyl (C=O) groups is 2. The van der Waals surface area contributed by atoms with E-state index in [4.69, 9.17) is 0 Å². The van der Waals surface area contributed by atoms with E-state index in [9.17, 15) is 28.5 Å². The van der Waals surface area contributed by atoms with E-state index in [0.29, 0.717) is 12.1 Å². The molecular formula is C10H8F2N2O5. The Morgan fingerprint density at radius 3 is 2.53 bits per heavy atom. The minimum atomic E-state index is -1.35. The Morgan fingerprint density at radius 2 is 2.00 bits per heavy atom. The lowest BCUT2D eigenvalue weighted by atomic mass is 10.1. The molecule has 0 heterocycles. The third-order valence-corrected chi connectivity index (χ3v) is 2.10. The van der Waals surface area contributed by atoms with Gasteiger partial charge in [0.2, 0.25) is 5.82 Å². The first-order valence-corrected chi connectivity index (χ1v) is 4.85. The van der Waals surface area contributed by atoms with Crippen molar-refractivity contribution in [3.05, 3.63) is 39.4 Å². The second-order valence-electron chi connectivity index (χ2n) is 3.30. The number of hydrogen-bond acceptors (Lipinski definition) is 5. The number of nitrogens with one attached hydrogen (secondary N) is 1. The fourth-order valence-electron chi connectivity index (χ4n) is 1.17. The monoisotopic (exact) mass is 274 g/mol. The zero-order valence-corrected chi connectivity index (χ0v) is 9.61. The molecular weight excluding hydrogens is 266 g/mol. The molecule has 1 amide bonds. The van der Waals surface area contributed by atoms with Crippen LogP contribution in [0.25, 0.3) is 0 Å². The van der Waals surface area contributed by atoms with E-state index in [2.05, 4.69) is 4.74 Å². The minimum Gasteiger partial charge on any atom is -0.468 e. The average Bonchev–Trinajstić information content (AvgIpc) is 2.37. The largest absolute Gasteiger partial charge is 0.468 e. The van der Waals surface area contributed by atoms with Gasteiger partial charge in [-0.1, -0.05) is 0 Å². The second-order valence-corrected chi connectivity index (χ2v) is 3.30. The van der Waals surface area contributed by atoms with Gasteiger partial charge in [-0.3, -0.25) is 19.7 Å². The van der Waals surface area contributed by atoms with E-state index in [-0.39, 0.29) is 0 Å². The number of carbonyl (C=O) groups excluding carboxylic acids is 2. The quantitative estimate of drug-likeness (QED) is 0.497. The third-order valence-electron chi connectivity index (χ3n) is 2.10. The van der Waals surface area contributed by atoms with Gasteiger partial charge in [-0.15, -0.1) is 0 Å². The number of methoxy groups -OCH3 is 1. The summed E-state index contributed by atoms with van der Waals surface area (Å²) >= 11 is 0. The summed E-state index contributed by atoms with van der Waals surface area (Å²) in [5.41, 5.74) is -1.82. The van der Waals surface area contributed by atoms with Crippen LogP contribution in [0.15, 0.2) is 12.1 Å². The van der Waals surface area contributed by atoms with Crippen molar-refractivity contribution in [2.75, 3.05) is 13.7 Å². The Morgan fingerprint density at radius 1 is 1.37 bits per heavy atom. The Hall–Kier alpha value is -2.58.